The number of amides is 1. The van der Waals surface area contributed by atoms with Gasteiger partial charge in [0.2, 0.25) is 5.91 Å². The summed E-state index contributed by atoms with van der Waals surface area (Å²) in [6.45, 7) is 2.50. The second-order valence-electron chi connectivity index (χ2n) is 8.88. The molecule has 1 amide bonds. The third-order valence-corrected chi connectivity index (χ3v) is 6.36. The fraction of sp³-hybridized carbons (Fsp3) is 0.393. The van der Waals surface area contributed by atoms with Crippen molar-refractivity contribution in [1.82, 2.24) is 14.5 Å². The van der Waals surface area contributed by atoms with Crippen molar-refractivity contribution in [3.05, 3.63) is 83.9 Å². The molecule has 1 aromatic heterocycles. The molecule has 0 N–H and O–H groups in total. The van der Waals surface area contributed by atoms with Gasteiger partial charge in [-0.1, -0.05) is 42.5 Å². The van der Waals surface area contributed by atoms with Gasteiger partial charge in [-0.2, -0.15) is 0 Å². The Morgan fingerprint density at radius 3 is 2.64 bits per heavy atom. The molecule has 4 rings (SSSR count). The zero-order valence-corrected chi connectivity index (χ0v) is 20.7. The largest absolute Gasteiger partial charge is 0.491 e. The van der Waals surface area contributed by atoms with Crippen LogP contribution in [0.4, 0.5) is 0 Å². The number of esters is 1. The van der Waals surface area contributed by atoms with Crippen molar-refractivity contribution >= 4 is 11.9 Å². The summed E-state index contributed by atoms with van der Waals surface area (Å²) < 4.78 is 17.9. The Hall–Kier alpha value is -3.65. The monoisotopic (exact) mass is 491 g/mol. The number of carbonyl (C=O) groups excluding carboxylic acids is 2. The Morgan fingerprint density at radius 2 is 1.86 bits per heavy atom. The number of benzene rings is 2. The summed E-state index contributed by atoms with van der Waals surface area (Å²) >= 11 is 0. The van der Waals surface area contributed by atoms with Gasteiger partial charge in [-0.05, 0) is 42.5 Å². The second-order valence-corrected chi connectivity index (χ2v) is 8.88. The van der Waals surface area contributed by atoms with Crippen LogP contribution in [-0.2, 0) is 34.0 Å². The van der Waals surface area contributed by atoms with Gasteiger partial charge in [0.15, 0.2) is 0 Å². The van der Waals surface area contributed by atoms with Gasteiger partial charge in [-0.25, -0.2) is 9.78 Å². The minimum absolute atomic E-state index is 0.187. The second kappa shape index (κ2) is 12.9. The average Bonchev–Trinajstić information content (AvgIpc) is 3.51. The Kier molecular flexibility index (Phi) is 9.10. The molecule has 36 heavy (non-hydrogen) atoms. The number of imidazole rings is 1. The van der Waals surface area contributed by atoms with Crippen molar-refractivity contribution in [3.63, 3.8) is 0 Å². The van der Waals surface area contributed by atoms with Crippen molar-refractivity contribution < 1.29 is 23.8 Å². The molecular formula is C28H33N3O5. The van der Waals surface area contributed by atoms with E-state index in [2.05, 4.69) is 4.98 Å². The lowest BCUT2D eigenvalue weighted by molar-refractivity contribution is -0.129. The number of methoxy groups -OCH3 is 1. The van der Waals surface area contributed by atoms with Crippen LogP contribution in [-0.4, -0.2) is 52.7 Å². The highest BCUT2D eigenvalue weighted by molar-refractivity contribution is 5.87. The SMILES string of the molecule is COCCOc1ccc(CN2C(=O)CC[C@H]2CCCn2cncc2C(=O)OCc2ccccc2)cc1. The lowest BCUT2D eigenvalue weighted by atomic mass is 10.1. The minimum atomic E-state index is -0.385. The topological polar surface area (TPSA) is 82.9 Å². The standard InChI is InChI=1S/C28H33N3O5/c1-34-16-17-35-25-12-9-22(10-13-25)19-31-24(11-14-27(31)32)8-5-15-30-21-29-18-26(30)28(33)36-20-23-6-3-2-4-7-23/h2-4,6-7,9-10,12-13,18,21,24H,5,8,11,14-17,19-20H2,1H3/t24-/m1/s1. The predicted octanol–water partition coefficient (Wildman–Crippen LogP) is 4.24. The highest BCUT2D eigenvalue weighted by Gasteiger charge is 2.30. The minimum Gasteiger partial charge on any atom is -0.491 e. The van der Waals surface area contributed by atoms with Gasteiger partial charge in [0, 0.05) is 32.7 Å². The van der Waals surface area contributed by atoms with E-state index in [1.807, 2.05) is 64.1 Å². The molecule has 190 valence electrons. The number of likely N-dealkylation sites (tertiary alicyclic amines) is 1. The lowest BCUT2D eigenvalue weighted by Gasteiger charge is -2.25. The van der Waals surface area contributed by atoms with Crippen molar-refractivity contribution in [2.75, 3.05) is 20.3 Å². The quantitative estimate of drug-likeness (QED) is 0.263. The zero-order valence-electron chi connectivity index (χ0n) is 20.7. The van der Waals surface area contributed by atoms with E-state index in [-0.39, 0.29) is 24.5 Å². The van der Waals surface area contributed by atoms with Crippen molar-refractivity contribution in [1.29, 1.82) is 0 Å². The molecule has 1 aliphatic rings. The van der Waals surface area contributed by atoms with Gasteiger partial charge in [-0.15, -0.1) is 0 Å². The molecule has 8 nitrogen and oxygen atoms in total. The van der Waals surface area contributed by atoms with Crippen LogP contribution < -0.4 is 4.74 Å². The molecule has 1 aliphatic heterocycles. The summed E-state index contributed by atoms with van der Waals surface area (Å²) in [6.07, 6.45) is 6.32. The number of hydrogen-bond acceptors (Lipinski definition) is 6. The van der Waals surface area contributed by atoms with Crippen LogP contribution in [0.25, 0.3) is 0 Å². The number of aromatic nitrogens is 2. The van der Waals surface area contributed by atoms with Gasteiger partial charge in [0.1, 0.15) is 24.7 Å². The Labute approximate surface area is 211 Å². The number of carbonyl (C=O) groups is 2. The summed E-state index contributed by atoms with van der Waals surface area (Å²) in [5.74, 6) is 0.593. The fourth-order valence-corrected chi connectivity index (χ4v) is 4.40. The summed E-state index contributed by atoms with van der Waals surface area (Å²) in [5.41, 5.74) is 2.46. The van der Waals surface area contributed by atoms with Gasteiger partial charge >= 0.3 is 5.97 Å². The van der Waals surface area contributed by atoms with E-state index in [0.29, 0.717) is 38.4 Å². The molecule has 2 aromatic carbocycles. The van der Waals surface area contributed by atoms with E-state index in [4.69, 9.17) is 14.2 Å². The predicted molar refractivity (Wildman–Crippen MR) is 134 cm³/mol. The Morgan fingerprint density at radius 1 is 1.06 bits per heavy atom. The number of hydrogen-bond donors (Lipinski definition) is 0. The molecule has 1 fully saturated rings. The maximum atomic E-state index is 12.6. The smallest absolute Gasteiger partial charge is 0.356 e. The van der Waals surface area contributed by atoms with Crippen LogP contribution in [0.15, 0.2) is 67.1 Å². The van der Waals surface area contributed by atoms with E-state index >= 15 is 0 Å². The molecule has 2 heterocycles. The summed E-state index contributed by atoms with van der Waals surface area (Å²) in [7, 11) is 1.64. The Balaban J connectivity index is 1.26. The average molecular weight is 492 g/mol. The Bertz CT molecular complexity index is 1110. The highest BCUT2D eigenvalue weighted by Crippen LogP contribution is 2.26. The van der Waals surface area contributed by atoms with Crippen LogP contribution >= 0.6 is 0 Å². The first kappa shape index (κ1) is 25.4. The third kappa shape index (κ3) is 6.95. The lowest BCUT2D eigenvalue weighted by Crippen LogP contribution is -2.32. The van der Waals surface area contributed by atoms with E-state index < -0.39 is 0 Å². The van der Waals surface area contributed by atoms with Crippen molar-refractivity contribution in [2.24, 2.45) is 0 Å². The van der Waals surface area contributed by atoms with Crippen LogP contribution in [0, 0.1) is 0 Å². The molecule has 0 radical (unpaired) electrons. The van der Waals surface area contributed by atoms with Crippen molar-refractivity contribution in [3.8, 4) is 5.75 Å². The van der Waals surface area contributed by atoms with Crippen LogP contribution in [0.1, 0.15) is 47.3 Å². The van der Waals surface area contributed by atoms with Crippen molar-refractivity contribution in [2.45, 2.75) is 51.4 Å². The normalized spacial score (nSPS) is 15.3. The number of rotatable bonds is 13. The van der Waals surface area contributed by atoms with Crippen LogP contribution in [0.3, 0.4) is 0 Å². The zero-order chi connectivity index (χ0) is 25.2. The third-order valence-electron chi connectivity index (χ3n) is 6.36. The molecule has 3 aromatic rings. The maximum absolute atomic E-state index is 12.6. The molecule has 8 heteroatoms. The summed E-state index contributed by atoms with van der Waals surface area (Å²) in [5, 5.41) is 0. The number of ether oxygens (including phenoxy) is 3. The van der Waals surface area contributed by atoms with E-state index in [9.17, 15) is 9.59 Å². The van der Waals surface area contributed by atoms with Gasteiger partial charge in [0.25, 0.3) is 0 Å². The first-order valence-corrected chi connectivity index (χ1v) is 12.4. The van der Waals surface area contributed by atoms with Gasteiger partial charge < -0.3 is 23.7 Å². The summed E-state index contributed by atoms with van der Waals surface area (Å²) in [4.78, 5) is 31.2. The molecule has 0 spiro atoms. The molecule has 1 saturated heterocycles. The van der Waals surface area contributed by atoms with E-state index in [1.165, 1.54) is 0 Å². The highest BCUT2D eigenvalue weighted by atomic mass is 16.5. The fourth-order valence-electron chi connectivity index (χ4n) is 4.40. The number of aryl methyl sites for hydroxylation is 1. The first-order chi connectivity index (χ1) is 17.6. The maximum Gasteiger partial charge on any atom is 0.356 e. The van der Waals surface area contributed by atoms with E-state index in [1.54, 1.807) is 19.6 Å². The summed E-state index contributed by atoms with van der Waals surface area (Å²) in [6, 6.07) is 17.7. The van der Waals surface area contributed by atoms with Crippen LogP contribution in [0.2, 0.25) is 0 Å². The molecular weight excluding hydrogens is 458 g/mol. The van der Waals surface area contributed by atoms with Gasteiger partial charge in [0.05, 0.1) is 19.1 Å². The molecule has 0 unspecified atom stereocenters. The molecule has 0 saturated carbocycles. The molecule has 1 atom stereocenters. The molecule has 0 bridgehead atoms. The van der Waals surface area contributed by atoms with Gasteiger partial charge in [-0.3, -0.25) is 4.79 Å². The van der Waals surface area contributed by atoms with E-state index in [0.717, 1.165) is 36.1 Å². The molecule has 0 aliphatic carbocycles. The number of nitrogens with zero attached hydrogens (tertiary/aromatic N) is 3. The van der Waals surface area contributed by atoms with Crippen LogP contribution in [0.5, 0.6) is 5.75 Å². The first-order valence-electron chi connectivity index (χ1n) is 12.4.